The molecule has 6 heteroatoms. The van der Waals surface area contributed by atoms with Gasteiger partial charge in [-0.3, -0.25) is 4.79 Å². The number of anilines is 1. The second kappa shape index (κ2) is 7.68. The first-order valence-corrected chi connectivity index (χ1v) is 9.82. The van der Waals surface area contributed by atoms with Gasteiger partial charge in [0.2, 0.25) is 0 Å². The van der Waals surface area contributed by atoms with Crippen molar-refractivity contribution < 1.29 is 4.79 Å². The van der Waals surface area contributed by atoms with E-state index < -0.39 is 0 Å². The molecule has 5 nitrogen and oxygen atoms in total. The predicted molar refractivity (Wildman–Crippen MR) is 113 cm³/mol. The number of aromatic nitrogens is 2. The molecule has 0 spiro atoms. The minimum absolute atomic E-state index is 0.0747. The zero-order chi connectivity index (χ0) is 19.7. The monoisotopic (exact) mass is 394 g/mol. The molecule has 0 unspecified atom stereocenters. The largest absolute Gasteiger partial charge is 0.368 e. The number of rotatable bonds is 3. The molecule has 2 aromatic carbocycles. The maximum absolute atomic E-state index is 12.9. The molecule has 0 N–H and O–H groups in total. The van der Waals surface area contributed by atoms with E-state index in [1.165, 1.54) is 0 Å². The standard InChI is InChI=1S/C22H23ClN4O/c1-16-14-17(2)27(24-16)20-8-6-18(7-9-20)22(28)26-12-10-25(11-13-26)21-5-3-4-19(23)15-21/h3-9,14-15H,10-13H2,1-2H3. The van der Waals surface area contributed by atoms with Gasteiger partial charge in [-0.25, -0.2) is 4.68 Å². The molecule has 3 aromatic rings. The van der Waals surface area contributed by atoms with Gasteiger partial charge in [0, 0.05) is 48.1 Å². The summed E-state index contributed by atoms with van der Waals surface area (Å²) in [4.78, 5) is 17.1. The van der Waals surface area contributed by atoms with Crippen LogP contribution in [0.5, 0.6) is 0 Å². The van der Waals surface area contributed by atoms with Gasteiger partial charge in [0.25, 0.3) is 5.91 Å². The molecule has 1 amide bonds. The Morgan fingerprint density at radius 2 is 1.64 bits per heavy atom. The zero-order valence-corrected chi connectivity index (χ0v) is 16.9. The van der Waals surface area contributed by atoms with Crippen LogP contribution in [0, 0.1) is 13.8 Å². The van der Waals surface area contributed by atoms with Gasteiger partial charge < -0.3 is 9.80 Å². The van der Waals surface area contributed by atoms with Crippen LogP contribution >= 0.6 is 11.6 Å². The Labute approximate surface area is 170 Å². The zero-order valence-electron chi connectivity index (χ0n) is 16.1. The summed E-state index contributed by atoms with van der Waals surface area (Å²) < 4.78 is 1.90. The van der Waals surface area contributed by atoms with Crippen molar-refractivity contribution in [3.05, 3.63) is 76.6 Å². The Hall–Kier alpha value is -2.79. The third kappa shape index (κ3) is 3.76. The molecule has 1 aliphatic rings. The highest BCUT2D eigenvalue weighted by Gasteiger charge is 2.22. The summed E-state index contributed by atoms with van der Waals surface area (Å²) in [6, 6.07) is 17.6. The molecule has 0 atom stereocenters. The Kier molecular flexibility index (Phi) is 5.09. The first kappa shape index (κ1) is 18.6. The summed E-state index contributed by atoms with van der Waals surface area (Å²) in [6.45, 7) is 7.00. The number of amides is 1. The molecule has 0 aliphatic carbocycles. The van der Waals surface area contributed by atoms with Gasteiger partial charge in [0.1, 0.15) is 0 Å². The van der Waals surface area contributed by atoms with Crippen molar-refractivity contribution in [2.24, 2.45) is 0 Å². The minimum Gasteiger partial charge on any atom is -0.368 e. The number of benzene rings is 2. The average Bonchev–Trinajstić information content (AvgIpc) is 3.06. The number of nitrogens with zero attached hydrogens (tertiary/aromatic N) is 4. The van der Waals surface area contributed by atoms with E-state index >= 15 is 0 Å². The number of piperazine rings is 1. The molecule has 1 aliphatic heterocycles. The van der Waals surface area contributed by atoms with E-state index in [4.69, 9.17) is 11.6 Å². The molecule has 4 rings (SSSR count). The molecule has 0 radical (unpaired) electrons. The maximum Gasteiger partial charge on any atom is 0.253 e. The molecule has 1 saturated heterocycles. The van der Waals surface area contributed by atoms with E-state index in [0.29, 0.717) is 18.7 Å². The van der Waals surface area contributed by atoms with Crippen molar-refractivity contribution in [3.8, 4) is 5.69 Å². The SMILES string of the molecule is Cc1cc(C)n(-c2ccc(C(=O)N3CCN(c4cccc(Cl)c4)CC3)cc2)n1. The highest BCUT2D eigenvalue weighted by Crippen LogP contribution is 2.21. The van der Waals surface area contributed by atoms with E-state index in [2.05, 4.69) is 16.1 Å². The number of carbonyl (C=O) groups is 1. The Morgan fingerprint density at radius 3 is 2.25 bits per heavy atom. The second-order valence-corrected chi connectivity index (χ2v) is 7.58. The van der Waals surface area contributed by atoms with Crippen LogP contribution in [0.1, 0.15) is 21.7 Å². The summed E-state index contributed by atoms with van der Waals surface area (Å²) in [5, 5.41) is 5.23. The third-order valence-corrected chi connectivity index (χ3v) is 5.34. The first-order chi connectivity index (χ1) is 13.5. The molecular formula is C22H23ClN4O. The molecule has 1 fully saturated rings. The molecular weight excluding hydrogens is 372 g/mol. The summed E-state index contributed by atoms with van der Waals surface area (Å²) >= 11 is 6.09. The van der Waals surface area contributed by atoms with Crippen molar-refractivity contribution in [1.82, 2.24) is 14.7 Å². The summed E-state index contributed by atoms with van der Waals surface area (Å²) in [7, 11) is 0. The predicted octanol–water partition coefficient (Wildman–Crippen LogP) is 4.10. The fourth-order valence-electron chi connectivity index (χ4n) is 3.66. The maximum atomic E-state index is 12.9. The second-order valence-electron chi connectivity index (χ2n) is 7.14. The molecule has 1 aromatic heterocycles. The lowest BCUT2D eigenvalue weighted by Crippen LogP contribution is -2.48. The van der Waals surface area contributed by atoms with Crippen LogP contribution in [0.15, 0.2) is 54.6 Å². The van der Waals surface area contributed by atoms with Crippen LogP contribution in [-0.4, -0.2) is 46.8 Å². The number of aryl methyl sites for hydroxylation is 2. The molecule has 2 heterocycles. The Balaban J connectivity index is 1.42. The van der Waals surface area contributed by atoms with E-state index in [0.717, 1.165) is 40.9 Å². The van der Waals surface area contributed by atoms with Gasteiger partial charge >= 0.3 is 0 Å². The Morgan fingerprint density at radius 1 is 0.929 bits per heavy atom. The molecule has 0 bridgehead atoms. The fourth-order valence-corrected chi connectivity index (χ4v) is 3.84. The lowest BCUT2D eigenvalue weighted by molar-refractivity contribution is 0.0747. The average molecular weight is 395 g/mol. The van der Waals surface area contributed by atoms with Crippen LogP contribution in [0.4, 0.5) is 5.69 Å². The quantitative estimate of drug-likeness (QED) is 0.671. The highest BCUT2D eigenvalue weighted by molar-refractivity contribution is 6.30. The summed E-state index contributed by atoms with van der Waals surface area (Å²) in [5.41, 5.74) is 4.84. The van der Waals surface area contributed by atoms with Crippen LogP contribution in [0.2, 0.25) is 5.02 Å². The summed E-state index contributed by atoms with van der Waals surface area (Å²) in [6.07, 6.45) is 0. The number of hydrogen-bond donors (Lipinski definition) is 0. The number of carbonyl (C=O) groups excluding carboxylic acids is 1. The van der Waals surface area contributed by atoms with E-state index in [1.807, 2.05) is 72.0 Å². The first-order valence-electron chi connectivity index (χ1n) is 9.45. The van der Waals surface area contributed by atoms with Gasteiger partial charge in [-0.2, -0.15) is 5.10 Å². The van der Waals surface area contributed by atoms with Gasteiger partial charge in [-0.1, -0.05) is 17.7 Å². The fraction of sp³-hybridized carbons (Fsp3) is 0.273. The van der Waals surface area contributed by atoms with Gasteiger partial charge in [0.15, 0.2) is 0 Å². The third-order valence-electron chi connectivity index (χ3n) is 5.11. The van der Waals surface area contributed by atoms with Gasteiger partial charge in [-0.05, 0) is 62.4 Å². The lowest BCUT2D eigenvalue weighted by atomic mass is 10.1. The lowest BCUT2D eigenvalue weighted by Gasteiger charge is -2.36. The topological polar surface area (TPSA) is 41.4 Å². The highest BCUT2D eigenvalue weighted by atomic mass is 35.5. The smallest absolute Gasteiger partial charge is 0.253 e. The number of hydrogen-bond acceptors (Lipinski definition) is 3. The van der Waals surface area contributed by atoms with Crippen molar-refractivity contribution in [2.75, 3.05) is 31.1 Å². The van der Waals surface area contributed by atoms with Crippen molar-refractivity contribution in [2.45, 2.75) is 13.8 Å². The molecule has 28 heavy (non-hydrogen) atoms. The van der Waals surface area contributed by atoms with Crippen molar-refractivity contribution >= 4 is 23.2 Å². The van der Waals surface area contributed by atoms with E-state index in [1.54, 1.807) is 0 Å². The summed E-state index contributed by atoms with van der Waals surface area (Å²) in [5.74, 6) is 0.0747. The van der Waals surface area contributed by atoms with Crippen LogP contribution in [0.3, 0.4) is 0 Å². The number of halogens is 1. The molecule has 0 saturated carbocycles. The van der Waals surface area contributed by atoms with Crippen molar-refractivity contribution in [3.63, 3.8) is 0 Å². The van der Waals surface area contributed by atoms with E-state index in [9.17, 15) is 4.79 Å². The van der Waals surface area contributed by atoms with Crippen LogP contribution < -0.4 is 4.90 Å². The minimum atomic E-state index is 0.0747. The normalized spacial score (nSPS) is 14.4. The van der Waals surface area contributed by atoms with Gasteiger partial charge in [-0.15, -0.1) is 0 Å². The van der Waals surface area contributed by atoms with Crippen LogP contribution in [0.25, 0.3) is 5.69 Å². The van der Waals surface area contributed by atoms with Crippen LogP contribution in [-0.2, 0) is 0 Å². The molecule has 144 valence electrons. The van der Waals surface area contributed by atoms with Crippen molar-refractivity contribution in [1.29, 1.82) is 0 Å². The Bertz CT molecular complexity index is 988. The van der Waals surface area contributed by atoms with E-state index in [-0.39, 0.29) is 5.91 Å². The van der Waals surface area contributed by atoms with Gasteiger partial charge in [0.05, 0.1) is 11.4 Å².